The first kappa shape index (κ1) is 29.1. The van der Waals surface area contributed by atoms with E-state index in [1.807, 2.05) is 42.5 Å². The summed E-state index contributed by atoms with van der Waals surface area (Å²) in [6, 6.07) is 64.1. The summed E-state index contributed by atoms with van der Waals surface area (Å²) in [6.45, 7) is -0.282. The van der Waals surface area contributed by atoms with Crippen molar-refractivity contribution in [2.45, 2.75) is 0 Å². The van der Waals surface area contributed by atoms with Gasteiger partial charge in [-0.2, -0.15) is 0 Å². The molecular formula is C60H40BN3. The van der Waals surface area contributed by atoms with Gasteiger partial charge in [-0.1, -0.05) is 176 Å². The first-order valence-electron chi connectivity index (χ1n) is 25.5. The smallest absolute Gasteiger partial charge is 0.252 e. The van der Waals surface area contributed by atoms with Crippen molar-refractivity contribution in [3.63, 3.8) is 0 Å². The Hall–Kier alpha value is -8.34. The summed E-state index contributed by atoms with van der Waals surface area (Å²) in [5, 5.41) is 0.0740. The van der Waals surface area contributed by atoms with E-state index in [0.29, 0.717) is 5.69 Å². The van der Waals surface area contributed by atoms with Crippen LogP contribution < -0.4 is 26.2 Å². The van der Waals surface area contributed by atoms with Crippen LogP contribution in [0.4, 0.5) is 34.1 Å². The fraction of sp³-hybridized carbons (Fsp3) is 0. The Balaban J connectivity index is 1.12. The molecule has 0 amide bonds. The van der Waals surface area contributed by atoms with E-state index >= 15 is 0 Å². The maximum Gasteiger partial charge on any atom is 0.252 e. The summed E-state index contributed by atoms with van der Waals surface area (Å²) >= 11 is 0. The Bertz CT molecular complexity index is 3980. The van der Waals surface area contributed by atoms with Crippen molar-refractivity contribution in [3.05, 3.63) is 242 Å². The van der Waals surface area contributed by atoms with Crippen molar-refractivity contribution in [2.24, 2.45) is 0 Å². The highest BCUT2D eigenvalue weighted by Crippen LogP contribution is 2.46. The van der Waals surface area contributed by atoms with Crippen LogP contribution in [0, 0.1) is 0 Å². The average Bonchev–Trinajstić information content (AvgIpc) is 3.80. The summed E-state index contributed by atoms with van der Waals surface area (Å²) < 4.78 is 73.5. The first-order chi connectivity index (χ1) is 35.1. The second-order valence-corrected chi connectivity index (χ2v) is 16.3. The molecular weight excluding hydrogens is 773 g/mol. The van der Waals surface area contributed by atoms with Crippen molar-refractivity contribution in [1.82, 2.24) is 4.57 Å². The average molecular weight is 822 g/mol. The summed E-state index contributed by atoms with van der Waals surface area (Å²) in [6.07, 6.45) is 0. The van der Waals surface area contributed by atoms with Crippen LogP contribution in [0.15, 0.2) is 242 Å². The highest BCUT2D eigenvalue weighted by atomic mass is 15.2. The Morgan fingerprint density at radius 1 is 0.328 bits per heavy atom. The molecule has 0 bridgehead atoms. The number of nitrogens with zero attached hydrogens (tertiary/aromatic N) is 3. The fourth-order valence-electron chi connectivity index (χ4n) is 10.0. The maximum atomic E-state index is 9.32. The van der Waals surface area contributed by atoms with E-state index in [4.69, 9.17) is 8.22 Å². The lowest BCUT2D eigenvalue weighted by molar-refractivity contribution is 1.17. The van der Waals surface area contributed by atoms with E-state index < -0.39 is 24.2 Å². The van der Waals surface area contributed by atoms with Gasteiger partial charge in [0.15, 0.2) is 0 Å². The number of hydrogen-bond acceptors (Lipinski definition) is 2. The van der Waals surface area contributed by atoms with Crippen molar-refractivity contribution >= 4 is 79.0 Å². The lowest BCUT2D eigenvalue weighted by Gasteiger charge is -2.44. The number of anilines is 6. The van der Waals surface area contributed by atoms with Gasteiger partial charge in [-0.05, 0) is 116 Å². The molecule has 0 radical (unpaired) electrons. The first-order valence-corrected chi connectivity index (χ1v) is 21.5. The molecule has 64 heavy (non-hydrogen) atoms. The van der Waals surface area contributed by atoms with E-state index in [1.165, 1.54) is 0 Å². The van der Waals surface area contributed by atoms with Crippen molar-refractivity contribution in [3.8, 4) is 39.1 Å². The minimum Gasteiger partial charge on any atom is -0.311 e. The number of para-hydroxylation sites is 2. The maximum absolute atomic E-state index is 9.32. The van der Waals surface area contributed by atoms with Crippen LogP contribution in [0.5, 0.6) is 0 Å². The lowest BCUT2D eigenvalue weighted by Crippen LogP contribution is -2.61. The lowest BCUT2D eigenvalue weighted by atomic mass is 9.33. The molecule has 13 rings (SSSR count). The Morgan fingerprint density at radius 3 is 1.30 bits per heavy atom. The zero-order valence-corrected chi connectivity index (χ0v) is 34.4. The molecule has 1 aromatic heterocycles. The molecule has 0 aliphatic carbocycles. The van der Waals surface area contributed by atoms with Gasteiger partial charge >= 0.3 is 0 Å². The molecule has 0 unspecified atom stereocenters. The second kappa shape index (κ2) is 14.6. The molecule has 298 valence electrons. The third-order valence-corrected chi connectivity index (χ3v) is 12.8. The normalized spacial score (nSPS) is 14.3. The molecule has 4 heteroatoms. The zero-order valence-electron chi connectivity index (χ0n) is 42.4. The summed E-state index contributed by atoms with van der Waals surface area (Å²) in [5.41, 5.74) is 16.0. The Kier molecular flexibility index (Phi) is 6.65. The molecule has 3 nitrogen and oxygen atoms in total. The Labute approximate surface area is 384 Å². The summed E-state index contributed by atoms with van der Waals surface area (Å²) in [4.78, 5) is 4.65. The minimum absolute atomic E-state index is 0.0370. The molecule has 0 N–H and O–H groups in total. The molecule has 0 atom stereocenters. The molecule has 10 aromatic carbocycles. The highest BCUT2D eigenvalue weighted by molar-refractivity contribution is 7.00. The van der Waals surface area contributed by atoms with Crippen LogP contribution in [0.25, 0.3) is 60.9 Å². The van der Waals surface area contributed by atoms with Crippen molar-refractivity contribution in [1.29, 1.82) is 0 Å². The highest BCUT2D eigenvalue weighted by Gasteiger charge is 2.43. The van der Waals surface area contributed by atoms with Crippen molar-refractivity contribution < 1.29 is 11.0 Å². The molecule has 0 spiro atoms. The van der Waals surface area contributed by atoms with Crippen LogP contribution in [-0.2, 0) is 0 Å². The zero-order chi connectivity index (χ0) is 49.1. The summed E-state index contributed by atoms with van der Waals surface area (Å²) in [5.74, 6) is 0. The van der Waals surface area contributed by atoms with E-state index in [0.717, 1.165) is 83.9 Å². The van der Waals surface area contributed by atoms with Crippen molar-refractivity contribution in [2.75, 3.05) is 9.80 Å². The molecule has 0 fully saturated rings. The van der Waals surface area contributed by atoms with Crippen LogP contribution in [0.3, 0.4) is 0 Å². The van der Waals surface area contributed by atoms with Gasteiger partial charge in [-0.3, -0.25) is 0 Å². The molecule has 0 saturated heterocycles. The van der Waals surface area contributed by atoms with Crippen LogP contribution in [0.1, 0.15) is 11.0 Å². The van der Waals surface area contributed by atoms with Gasteiger partial charge in [0.2, 0.25) is 0 Å². The monoisotopic (exact) mass is 821 g/mol. The van der Waals surface area contributed by atoms with Gasteiger partial charge < -0.3 is 14.4 Å². The number of fused-ring (bicyclic) bond motifs is 7. The van der Waals surface area contributed by atoms with Crippen LogP contribution in [-0.4, -0.2) is 11.3 Å². The van der Waals surface area contributed by atoms with E-state index in [-0.39, 0.29) is 52.7 Å². The molecule has 2 aliphatic heterocycles. The predicted molar refractivity (Wildman–Crippen MR) is 271 cm³/mol. The van der Waals surface area contributed by atoms with Gasteiger partial charge in [0.25, 0.3) is 6.71 Å². The molecule has 0 saturated carbocycles. The fourth-order valence-corrected chi connectivity index (χ4v) is 10.0. The quantitative estimate of drug-likeness (QED) is 0.155. The number of hydrogen-bond donors (Lipinski definition) is 0. The molecule has 11 aromatic rings. The molecule has 2 aliphatic rings. The van der Waals surface area contributed by atoms with Gasteiger partial charge in [0, 0.05) is 50.6 Å². The van der Waals surface area contributed by atoms with Gasteiger partial charge in [-0.15, -0.1) is 0 Å². The minimum atomic E-state index is -0.478. The largest absolute Gasteiger partial charge is 0.311 e. The number of rotatable bonds is 6. The number of benzene rings is 10. The van der Waals surface area contributed by atoms with E-state index in [1.54, 1.807) is 4.57 Å². The predicted octanol–water partition coefficient (Wildman–Crippen LogP) is 13.9. The second-order valence-electron chi connectivity index (χ2n) is 16.3. The standard InChI is InChI=1S/C60H40BN3/c1-4-17-41(18-5-1)44-23-14-25-47(37-44)63-56-31-16-32-57-60(56)61(52-35-33-46(39-58(52)63)43-21-8-3-9-22-43)53-36-34-49(62-54-29-12-10-27-50(54)51-28-11-13-30-55(51)62)40-59(53)64(57)48-26-15-24-45(38-48)42-19-6-2-7-20-42/h1-40H/i10D,11D,12D,13D,27D,28D,29D,30D. The third kappa shape index (κ3) is 5.70. The topological polar surface area (TPSA) is 11.4 Å². The van der Waals surface area contributed by atoms with E-state index in [2.05, 4.69) is 161 Å². The Morgan fingerprint density at radius 2 is 0.766 bits per heavy atom. The van der Waals surface area contributed by atoms with Crippen LogP contribution >= 0.6 is 0 Å². The van der Waals surface area contributed by atoms with Crippen LogP contribution in [0.2, 0.25) is 0 Å². The van der Waals surface area contributed by atoms with E-state index in [9.17, 15) is 2.74 Å². The SMILES string of the molecule is [2H]c1c([2H])c([2H])c2c(c1[2H])c1c([2H])c([2H])c([2H])c([2H])c1n2-c1ccc2c(c1)N(c1cccc(-c3ccccc3)c1)c1cccc3c1B2c1ccc(-c2ccccc2)cc1N3c1cccc(-c2ccccc2)c1. The third-order valence-electron chi connectivity index (χ3n) is 12.8. The number of aromatic nitrogens is 1. The summed E-state index contributed by atoms with van der Waals surface area (Å²) in [7, 11) is 0. The van der Waals surface area contributed by atoms with Gasteiger partial charge in [0.05, 0.1) is 22.0 Å². The molecule has 3 heterocycles. The van der Waals surface area contributed by atoms with Gasteiger partial charge in [-0.25, -0.2) is 0 Å². The van der Waals surface area contributed by atoms with Gasteiger partial charge in [0.1, 0.15) is 0 Å².